The molecular weight excluding hydrogens is 216 g/mol. The standard InChI is InChI=1S/C13H24N2O2/c1-15(10-11-5-4-7-14-9-11)13(16)12-6-2-3-8-17-12/h11-12,14H,2-10H2,1H3. The van der Waals surface area contributed by atoms with Gasteiger partial charge in [0, 0.05) is 20.2 Å². The van der Waals surface area contributed by atoms with E-state index in [1.165, 1.54) is 12.8 Å². The summed E-state index contributed by atoms with van der Waals surface area (Å²) in [5, 5.41) is 3.39. The Hall–Kier alpha value is -0.610. The van der Waals surface area contributed by atoms with E-state index in [1.54, 1.807) is 0 Å². The van der Waals surface area contributed by atoms with Gasteiger partial charge >= 0.3 is 0 Å². The number of piperidine rings is 1. The van der Waals surface area contributed by atoms with Gasteiger partial charge in [-0.2, -0.15) is 0 Å². The van der Waals surface area contributed by atoms with E-state index in [0.29, 0.717) is 5.92 Å². The lowest BCUT2D eigenvalue weighted by Crippen LogP contribution is -2.44. The highest BCUT2D eigenvalue weighted by Crippen LogP contribution is 2.16. The van der Waals surface area contributed by atoms with Crippen molar-refractivity contribution in [3.05, 3.63) is 0 Å². The van der Waals surface area contributed by atoms with Gasteiger partial charge in [0.25, 0.3) is 5.91 Å². The van der Waals surface area contributed by atoms with Gasteiger partial charge in [0.2, 0.25) is 0 Å². The maximum Gasteiger partial charge on any atom is 0.251 e. The minimum absolute atomic E-state index is 0.176. The topological polar surface area (TPSA) is 41.6 Å². The number of carbonyl (C=O) groups excluding carboxylic acids is 1. The first-order chi connectivity index (χ1) is 8.27. The van der Waals surface area contributed by atoms with Crippen LogP contribution in [0.5, 0.6) is 0 Å². The third kappa shape index (κ3) is 3.68. The molecule has 2 saturated heterocycles. The van der Waals surface area contributed by atoms with E-state index in [4.69, 9.17) is 4.74 Å². The average Bonchev–Trinajstić information content (AvgIpc) is 2.40. The summed E-state index contributed by atoms with van der Waals surface area (Å²) in [6, 6.07) is 0. The molecule has 4 heteroatoms. The molecule has 2 atom stereocenters. The van der Waals surface area contributed by atoms with Crippen LogP contribution in [0.25, 0.3) is 0 Å². The van der Waals surface area contributed by atoms with Crippen LogP contribution in [0.3, 0.4) is 0 Å². The van der Waals surface area contributed by atoms with Gasteiger partial charge in [-0.25, -0.2) is 0 Å². The number of ether oxygens (including phenoxy) is 1. The van der Waals surface area contributed by atoms with E-state index in [1.807, 2.05) is 11.9 Å². The molecule has 0 aromatic heterocycles. The first-order valence-electron chi connectivity index (χ1n) is 6.84. The summed E-state index contributed by atoms with van der Waals surface area (Å²) >= 11 is 0. The number of hydrogen-bond acceptors (Lipinski definition) is 3. The van der Waals surface area contributed by atoms with Crippen LogP contribution in [0, 0.1) is 5.92 Å². The van der Waals surface area contributed by atoms with Gasteiger partial charge in [0.1, 0.15) is 6.10 Å². The molecule has 0 spiro atoms. The van der Waals surface area contributed by atoms with Crippen LogP contribution < -0.4 is 5.32 Å². The molecule has 2 aliphatic heterocycles. The van der Waals surface area contributed by atoms with Crippen molar-refractivity contribution in [3.8, 4) is 0 Å². The monoisotopic (exact) mass is 240 g/mol. The van der Waals surface area contributed by atoms with Crippen LogP contribution in [0.1, 0.15) is 32.1 Å². The minimum atomic E-state index is -0.176. The molecule has 0 aromatic rings. The molecule has 2 heterocycles. The number of carbonyl (C=O) groups is 1. The van der Waals surface area contributed by atoms with Crippen molar-refractivity contribution in [1.82, 2.24) is 10.2 Å². The van der Waals surface area contributed by atoms with E-state index >= 15 is 0 Å². The van der Waals surface area contributed by atoms with Crippen molar-refractivity contribution >= 4 is 5.91 Å². The third-order valence-corrected chi connectivity index (χ3v) is 3.76. The van der Waals surface area contributed by atoms with Crippen molar-refractivity contribution in [3.63, 3.8) is 0 Å². The highest BCUT2D eigenvalue weighted by Gasteiger charge is 2.26. The summed E-state index contributed by atoms with van der Waals surface area (Å²) in [6.07, 6.45) is 5.40. The summed E-state index contributed by atoms with van der Waals surface area (Å²) in [5.74, 6) is 0.788. The molecule has 0 aromatic carbocycles. The second-order valence-electron chi connectivity index (χ2n) is 5.29. The zero-order valence-electron chi connectivity index (χ0n) is 10.8. The Morgan fingerprint density at radius 3 is 2.88 bits per heavy atom. The highest BCUT2D eigenvalue weighted by molar-refractivity contribution is 5.80. The molecule has 98 valence electrons. The van der Waals surface area contributed by atoms with Gasteiger partial charge in [0.05, 0.1) is 0 Å². The number of nitrogens with zero attached hydrogens (tertiary/aromatic N) is 1. The fourth-order valence-corrected chi connectivity index (χ4v) is 2.74. The molecule has 2 unspecified atom stereocenters. The van der Waals surface area contributed by atoms with E-state index in [9.17, 15) is 4.79 Å². The average molecular weight is 240 g/mol. The highest BCUT2D eigenvalue weighted by atomic mass is 16.5. The lowest BCUT2D eigenvalue weighted by molar-refractivity contribution is -0.145. The lowest BCUT2D eigenvalue weighted by atomic mass is 9.99. The SMILES string of the molecule is CN(CC1CCCNC1)C(=O)C1CCCCO1. The first kappa shape index (κ1) is 12.8. The molecule has 2 rings (SSSR count). The Labute approximate surface area is 104 Å². The van der Waals surface area contributed by atoms with Gasteiger partial charge in [-0.05, 0) is 51.1 Å². The maximum absolute atomic E-state index is 12.2. The fraction of sp³-hybridized carbons (Fsp3) is 0.923. The Morgan fingerprint density at radius 2 is 2.24 bits per heavy atom. The number of likely N-dealkylation sites (N-methyl/N-ethyl adjacent to an activating group) is 1. The van der Waals surface area contributed by atoms with Crippen LogP contribution in [-0.4, -0.2) is 50.2 Å². The zero-order chi connectivity index (χ0) is 12.1. The quantitative estimate of drug-likeness (QED) is 0.800. The second kappa shape index (κ2) is 6.36. The largest absolute Gasteiger partial charge is 0.368 e. The van der Waals surface area contributed by atoms with Crippen LogP contribution in [-0.2, 0) is 9.53 Å². The lowest BCUT2D eigenvalue weighted by Gasteiger charge is -2.31. The van der Waals surface area contributed by atoms with Crippen LogP contribution in [0.4, 0.5) is 0 Å². The third-order valence-electron chi connectivity index (χ3n) is 3.76. The van der Waals surface area contributed by atoms with Crippen molar-refractivity contribution in [2.45, 2.75) is 38.2 Å². The van der Waals surface area contributed by atoms with E-state index in [0.717, 1.165) is 45.5 Å². The van der Waals surface area contributed by atoms with Gasteiger partial charge < -0.3 is 15.0 Å². The van der Waals surface area contributed by atoms with Gasteiger partial charge in [-0.1, -0.05) is 0 Å². The summed E-state index contributed by atoms with van der Waals surface area (Å²) in [7, 11) is 1.91. The fourth-order valence-electron chi connectivity index (χ4n) is 2.74. The van der Waals surface area contributed by atoms with E-state index in [-0.39, 0.29) is 12.0 Å². The van der Waals surface area contributed by atoms with Crippen molar-refractivity contribution in [2.75, 3.05) is 33.3 Å². The predicted octanol–water partition coefficient (Wildman–Crippen LogP) is 1.01. The Balaban J connectivity index is 1.77. The molecule has 0 radical (unpaired) electrons. The Morgan fingerprint density at radius 1 is 1.35 bits per heavy atom. The molecule has 4 nitrogen and oxygen atoms in total. The van der Waals surface area contributed by atoms with E-state index in [2.05, 4.69) is 5.32 Å². The van der Waals surface area contributed by atoms with Crippen molar-refractivity contribution in [2.24, 2.45) is 5.92 Å². The minimum Gasteiger partial charge on any atom is -0.368 e. The summed E-state index contributed by atoms with van der Waals surface area (Å²) in [6.45, 7) is 3.78. The number of hydrogen-bond donors (Lipinski definition) is 1. The maximum atomic E-state index is 12.2. The van der Waals surface area contributed by atoms with Crippen molar-refractivity contribution in [1.29, 1.82) is 0 Å². The molecule has 0 saturated carbocycles. The summed E-state index contributed by atoms with van der Waals surface area (Å²) in [4.78, 5) is 14.0. The van der Waals surface area contributed by atoms with Crippen molar-refractivity contribution < 1.29 is 9.53 Å². The van der Waals surface area contributed by atoms with Gasteiger partial charge in [-0.3, -0.25) is 4.79 Å². The molecule has 17 heavy (non-hydrogen) atoms. The van der Waals surface area contributed by atoms with Gasteiger partial charge in [-0.15, -0.1) is 0 Å². The molecule has 1 amide bonds. The summed E-state index contributed by atoms with van der Waals surface area (Å²) in [5.41, 5.74) is 0. The molecule has 2 fully saturated rings. The van der Waals surface area contributed by atoms with Crippen LogP contribution >= 0.6 is 0 Å². The summed E-state index contributed by atoms with van der Waals surface area (Å²) < 4.78 is 5.54. The molecular formula is C13H24N2O2. The molecule has 1 N–H and O–H groups in total. The van der Waals surface area contributed by atoms with Crippen LogP contribution in [0.15, 0.2) is 0 Å². The Bertz CT molecular complexity index is 246. The van der Waals surface area contributed by atoms with E-state index < -0.39 is 0 Å². The Kier molecular flexibility index (Phi) is 4.80. The zero-order valence-corrected chi connectivity index (χ0v) is 10.8. The molecule has 0 bridgehead atoms. The molecule has 2 aliphatic rings. The number of amides is 1. The second-order valence-corrected chi connectivity index (χ2v) is 5.29. The van der Waals surface area contributed by atoms with Crippen LogP contribution in [0.2, 0.25) is 0 Å². The molecule has 0 aliphatic carbocycles. The number of nitrogens with one attached hydrogen (secondary N) is 1. The number of rotatable bonds is 3. The first-order valence-corrected chi connectivity index (χ1v) is 6.84. The smallest absolute Gasteiger partial charge is 0.251 e. The predicted molar refractivity (Wildman–Crippen MR) is 66.8 cm³/mol. The normalized spacial score (nSPS) is 29.9. The van der Waals surface area contributed by atoms with Gasteiger partial charge in [0.15, 0.2) is 0 Å².